The highest BCUT2D eigenvalue weighted by Gasteiger charge is 2.26. The van der Waals surface area contributed by atoms with E-state index in [9.17, 15) is 24.5 Å². The standard InChI is InChI=1S/C19H20ClN3O7/c1-5-29-18(25)15-9(2)16(21-10(15)3)19(26)30-11(4)17(24)22-14-7-6-12(23(27)28)8-13(14)20/h6-8,11,21H,5H2,1-4H3,(H,22,24). The lowest BCUT2D eigenvalue weighted by Gasteiger charge is -2.14. The molecule has 1 atom stereocenters. The molecule has 1 aromatic heterocycles. The van der Waals surface area contributed by atoms with E-state index in [-0.39, 0.29) is 34.3 Å². The Kier molecular flexibility index (Phi) is 7.17. The third-order valence-electron chi connectivity index (χ3n) is 4.20. The number of aromatic nitrogens is 1. The summed E-state index contributed by atoms with van der Waals surface area (Å²) in [5.41, 5.74) is 0.955. The molecule has 0 radical (unpaired) electrons. The summed E-state index contributed by atoms with van der Waals surface area (Å²) >= 11 is 5.94. The van der Waals surface area contributed by atoms with Gasteiger partial charge in [0.15, 0.2) is 6.10 Å². The number of aryl methyl sites for hydroxylation is 1. The molecule has 160 valence electrons. The Labute approximate surface area is 176 Å². The number of carbonyl (C=O) groups is 3. The highest BCUT2D eigenvalue weighted by atomic mass is 35.5. The number of amides is 1. The largest absolute Gasteiger partial charge is 0.462 e. The van der Waals surface area contributed by atoms with Gasteiger partial charge in [0.25, 0.3) is 11.6 Å². The number of hydrogen-bond donors (Lipinski definition) is 2. The molecule has 30 heavy (non-hydrogen) atoms. The van der Waals surface area contributed by atoms with Crippen LogP contribution >= 0.6 is 11.6 Å². The van der Waals surface area contributed by atoms with Crippen LogP contribution in [0.5, 0.6) is 0 Å². The van der Waals surface area contributed by atoms with Gasteiger partial charge in [0.05, 0.1) is 27.8 Å². The predicted octanol–water partition coefficient (Wildman–Crippen LogP) is 3.55. The summed E-state index contributed by atoms with van der Waals surface area (Å²) in [5.74, 6) is -2.09. The summed E-state index contributed by atoms with van der Waals surface area (Å²) in [4.78, 5) is 49.8. The second kappa shape index (κ2) is 9.40. The molecule has 2 aromatic rings. The summed E-state index contributed by atoms with van der Waals surface area (Å²) in [6, 6.07) is 3.55. The van der Waals surface area contributed by atoms with Crippen molar-refractivity contribution in [2.24, 2.45) is 0 Å². The fourth-order valence-corrected chi connectivity index (χ4v) is 2.91. The minimum atomic E-state index is -1.21. The van der Waals surface area contributed by atoms with E-state index in [0.29, 0.717) is 11.3 Å². The van der Waals surface area contributed by atoms with Gasteiger partial charge < -0.3 is 19.8 Å². The molecule has 2 N–H and O–H groups in total. The highest BCUT2D eigenvalue weighted by molar-refractivity contribution is 6.34. The number of rotatable bonds is 7. The average Bonchev–Trinajstić information content (AvgIpc) is 2.97. The zero-order chi connectivity index (χ0) is 22.6. The topological polar surface area (TPSA) is 141 Å². The van der Waals surface area contributed by atoms with Crippen LogP contribution in [-0.2, 0) is 14.3 Å². The van der Waals surface area contributed by atoms with Gasteiger partial charge in [-0.3, -0.25) is 14.9 Å². The molecule has 2 rings (SSSR count). The smallest absolute Gasteiger partial charge is 0.355 e. The molecule has 11 heteroatoms. The van der Waals surface area contributed by atoms with Crippen molar-refractivity contribution >= 4 is 40.8 Å². The molecule has 10 nitrogen and oxygen atoms in total. The number of hydrogen-bond acceptors (Lipinski definition) is 7. The molecule has 0 spiro atoms. The van der Waals surface area contributed by atoms with Crippen molar-refractivity contribution in [1.82, 2.24) is 4.98 Å². The van der Waals surface area contributed by atoms with E-state index in [0.717, 1.165) is 6.07 Å². The Bertz CT molecular complexity index is 1020. The number of H-pyrrole nitrogens is 1. The molecule has 0 aliphatic carbocycles. The van der Waals surface area contributed by atoms with Crippen molar-refractivity contribution in [1.29, 1.82) is 0 Å². The molecule has 1 heterocycles. The van der Waals surface area contributed by atoms with Crippen LogP contribution in [0.15, 0.2) is 18.2 Å². The molecule has 1 amide bonds. The van der Waals surface area contributed by atoms with E-state index in [1.807, 2.05) is 0 Å². The van der Waals surface area contributed by atoms with Crippen LogP contribution in [0.4, 0.5) is 11.4 Å². The van der Waals surface area contributed by atoms with Crippen LogP contribution in [0.3, 0.4) is 0 Å². The third kappa shape index (κ3) is 4.95. The van der Waals surface area contributed by atoms with Crippen molar-refractivity contribution in [3.63, 3.8) is 0 Å². The normalized spacial score (nSPS) is 11.5. The first-order chi connectivity index (χ1) is 14.1. The van der Waals surface area contributed by atoms with Gasteiger partial charge >= 0.3 is 11.9 Å². The number of nitrogens with zero attached hydrogens (tertiary/aromatic N) is 1. The maximum Gasteiger partial charge on any atom is 0.355 e. The molecule has 1 aromatic carbocycles. The van der Waals surface area contributed by atoms with E-state index < -0.39 is 28.9 Å². The molecule has 0 saturated heterocycles. The average molecular weight is 438 g/mol. The first-order valence-corrected chi connectivity index (χ1v) is 9.26. The van der Waals surface area contributed by atoms with Crippen molar-refractivity contribution in [3.8, 4) is 0 Å². The molecule has 0 bridgehead atoms. The molecule has 0 fully saturated rings. The van der Waals surface area contributed by atoms with Crippen LogP contribution in [0, 0.1) is 24.0 Å². The number of nitro groups is 1. The first kappa shape index (κ1) is 22.9. The van der Waals surface area contributed by atoms with Gasteiger partial charge in [-0.25, -0.2) is 9.59 Å². The third-order valence-corrected chi connectivity index (χ3v) is 4.51. The minimum absolute atomic E-state index is 0.0311. The number of ether oxygens (including phenoxy) is 2. The zero-order valence-electron chi connectivity index (χ0n) is 16.7. The second-order valence-electron chi connectivity index (χ2n) is 6.30. The van der Waals surface area contributed by atoms with Gasteiger partial charge in [-0.2, -0.15) is 0 Å². The number of esters is 2. The fraction of sp³-hybridized carbons (Fsp3) is 0.316. The van der Waals surface area contributed by atoms with Gasteiger partial charge in [-0.05, 0) is 39.3 Å². The lowest BCUT2D eigenvalue weighted by Crippen LogP contribution is -2.30. The summed E-state index contributed by atoms with van der Waals surface area (Å²) < 4.78 is 10.1. The van der Waals surface area contributed by atoms with E-state index in [2.05, 4.69) is 10.3 Å². The first-order valence-electron chi connectivity index (χ1n) is 8.88. The summed E-state index contributed by atoms with van der Waals surface area (Å²) in [7, 11) is 0. The Hall–Kier alpha value is -3.40. The molecule has 0 saturated carbocycles. The van der Waals surface area contributed by atoms with Crippen molar-refractivity contribution in [2.45, 2.75) is 33.8 Å². The van der Waals surface area contributed by atoms with Gasteiger partial charge in [-0.1, -0.05) is 11.6 Å². The predicted molar refractivity (Wildman–Crippen MR) is 108 cm³/mol. The Morgan fingerprint density at radius 1 is 1.27 bits per heavy atom. The van der Waals surface area contributed by atoms with Gasteiger partial charge in [0, 0.05) is 17.8 Å². The molecular formula is C19H20ClN3O7. The van der Waals surface area contributed by atoms with Crippen LogP contribution < -0.4 is 5.32 Å². The number of aromatic amines is 1. The zero-order valence-corrected chi connectivity index (χ0v) is 17.5. The number of nitrogens with one attached hydrogen (secondary N) is 2. The van der Waals surface area contributed by atoms with E-state index in [4.69, 9.17) is 21.1 Å². The van der Waals surface area contributed by atoms with Gasteiger partial charge in [-0.15, -0.1) is 0 Å². The minimum Gasteiger partial charge on any atom is -0.462 e. The Balaban J connectivity index is 2.11. The Morgan fingerprint density at radius 2 is 1.93 bits per heavy atom. The molecule has 0 aliphatic heterocycles. The quantitative estimate of drug-likeness (QED) is 0.383. The molecular weight excluding hydrogens is 418 g/mol. The van der Waals surface area contributed by atoms with Crippen LogP contribution in [0.2, 0.25) is 5.02 Å². The monoisotopic (exact) mass is 437 g/mol. The maximum absolute atomic E-state index is 12.5. The van der Waals surface area contributed by atoms with Crippen LogP contribution in [0.1, 0.15) is 46.0 Å². The molecule has 1 unspecified atom stereocenters. The Morgan fingerprint density at radius 3 is 2.50 bits per heavy atom. The summed E-state index contributed by atoms with van der Waals surface area (Å²) in [5, 5.41) is 13.2. The number of nitro benzene ring substituents is 1. The van der Waals surface area contributed by atoms with Crippen molar-refractivity contribution in [3.05, 3.63) is 55.9 Å². The second-order valence-corrected chi connectivity index (χ2v) is 6.71. The van der Waals surface area contributed by atoms with E-state index in [1.165, 1.54) is 19.1 Å². The lowest BCUT2D eigenvalue weighted by molar-refractivity contribution is -0.384. The summed E-state index contributed by atoms with van der Waals surface area (Å²) in [6.07, 6.45) is -1.21. The van der Waals surface area contributed by atoms with Crippen molar-refractivity contribution in [2.75, 3.05) is 11.9 Å². The SMILES string of the molecule is CCOC(=O)c1c(C)[nH]c(C(=O)OC(C)C(=O)Nc2ccc([N+](=O)[O-])cc2Cl)c1C. The fourth-order valence-electron chi connectivity index (χ4n) is 2.69. The van der Waals surface area contributed by atoms with Gasteiger partial charge in [0.1, 0.15) is 5.69 Å². The van der Waals surface area contributed by atoms with E-state index >= 15 is 0 Å². The van der Waals surface area contributed by atoms with Gasteiger partial charge in [0.2, 0.25) is 0 Å². The molecule has 0 aliphatic rings. The number of halogens is 1. The highest BCUT2D eigenvalue weighted by Crippen LogP contribution is 2.27. The summed E-state index contributed by atoms with van der Waals surface area (Å²) in [6.45, 7) is 6.38. The number of carbonyl (C=O) groups excluding carboxylic acids is 3. The van der Waals surface area contributed by atoms with E-state index in [1.54, 1.807) is 20.8 Å². The lowest BCUT2D eigenvalue weighted by atomic mass is 10.1. The maximum atomic E-state index is 12.5. The van der Waals surface area contributed by atoms with Crippen LogP contribution in [0.25, 0.3) is 0 Å². The number of anilines is 1. The number of non-ortho nitro benzene ring substituents is 1. The van der Waals surface area contributed by atoms with Crippen LogP contribution in [-0.4, -0.2) is 40.5 Å². The number of benzene rings is 1. The van der Waals surface area contributed by atoms with Crippen molar-refractivity contribution < 1.29 is 28.8 Å².